The molecule has 7 nitrogen and oxygen atoms in total. The smallest absolute Gasteiger partial charge is 0.158 e. The molecule has 2 aromatic heterocycles. The first-order valence-electron chi connectivity index (χ1n) is 9.20. The molecular weight excluding hydrogens is 425 g/mol. The molecule has 0 atom stereocenters. The number of anilines is 1. The van der Waals surface area contributed by atoms with Gasteiger partial charge in [0.25, 0.3) is 0 Å². The summed E-state index contributed by atoms with van der Waals surface area (Å²) in [6.45, 7) is 1.11. The van der Waals surface area contributed by atoms with Crippen LogP contribution in [0.1, 0.15) is 6.92 Å². The van der Waals surface area contributed by atoms with Gasteiger partial charge in [-0.05, 0) is 31.2 Å². The van der Waals surface area contributed by atoms with Crippen LogP contribution in [-0.4, -0.2) is 48.7 Å². The fourth-order valence-corrected chi connectivity index (χ4v) is 3.41. The Morgan fingerprint density at radius 2 is 1.67 bits per heavy atom. The van der Waals surface area contributed by atoms with E-state index in [2.05, 4.69) is 15.3 Å². The molecule has 0 fully saturated rings. The van der Waals surface area contributed by atoms with E-state index in [4.69, 9.17) is 28.3 Å². The van der Waals surface area contributed by atoms with Crippen LogP contribution in [0.2, 0.25) is 10.0 Å². The van der Waals surface area contributed by atoms with Gasteiger partial charge in [-0.3, -0.25) is 0 Å². The van der Waals surface area contributed by atoms with Crippen molar-refractivity contribution < 1.29 is 10.2 Å². The number of hydrogen-bond acceptors (Lipinski definition) is 6. The molecule has 0 aliphatic rings. The minimum atomic E-state index is -0.976. The number of aromatic nitrogens is 4. The number of nitrogens with one attached hydrogen (secondary N) is 1. The number of para-hydroxylation sites is 1. The standard InChI is InChI=1S/C21H19Cl2N5O2/c1-21(10-29,11-30)26-20-18-17(24-12-25-20)19(13-6-8-14(22)9-7-13)28(27-18)16-5-3-2-4-15(16)23/h2-9,12,29-30H,10-11H2,1H3,(H,24,25,26). The van der Waals surface area contributed by atoms with Crippen molar-refractivity contribution in [2.75, 3.05) is 18.5 Å². The van der Waals surface area contributed by atoms with Crippen molar-refractivity contribution in [1.29, 1.82) is 0 Å². The molecule has 154 valence electrons. The maximum atomic E-state index is 9.68. The molecule has 3 N–H and O–H groups in total. The Morgan fingerprint density at radius 3 is 2.33 bits per heavy atom. The summed E-state index contributed by atoms with van der Waals surface area (Å²) >= 11 is 12.5. The number of aliphatic hydroxyl groups is 2. The Kier molecular flexibility index (Phi) is 5.62. The van der Waals surface area contributed by atoms with Gasteiger partial charge in [0, 0.05) is 10.6 Å². The van der Waals surface area contributed by atoms with Gasteiger partial charge < -0.3 is 15.5 Å². The Balaban J connectivity index is 2.00. The van der Waals surface area contributed by atoms with E-state index >= 15 is 0 Å². The first kappa shape index (κ1) is 20.6. The predicted molar refractivity (Wildman–Crippen MR) is 118 cm³/mol. The van der Waals surface area contributed by atoms with Gasteiger partial charge in [0.05, 0.1) is 29.5 Å². The summed E-state index contributed by atoms with van der Waals surface area (Å²) in [6, 6.07) is 14.7. The molecule has 0 aliphatic carbocycles. The van der Waals surface area contributed by atoms with Crippen molar-refractivity contribution in [1.82, 2.24) is 19.7 Å². The molecule has 0 radical (unpaired) electrons. The van der Waals surface area contributed by atoms with Gasteiger partial charge in [-0.2, -0.15) is 5.10 Å². The number of aliphatic hydroxyl groups excluding tert-OH is 2. The number of fused-ring (bicyclic) bond motifs is 1. The van der Waals surface area contributed by atoms with Crippen LogP contribution in [0.4, 0.5) is 5.82 Å². The summed E-state index contributed by atoms with van der Waals surface area (Å²) in [4.78, 5) is 8.75. The number of rotatable bonds is 6. The molecule has 4 rings (SSSR count). The van der Waals surface area contributed by atoms with Crippen molar-refractivity contribution in [3.05, 3.63) is 64.9 Å². The third-order valence-electron chi connectivity index (χ3n) is 4.77. The second-order valence-electron chi connectivity index (χ2n) is 7.14. The number of halogens is 2. The third-order valence-corrected chi connectivity index (χ3v) is 5.35. The number of nitrogens with zero attached hydrogens (tertiary/aromatic N) is 4. The summed E-state index contributed by atoms with van der Waals surface area (Å²) in [7, 11) is 0. The van der Waals surface area contributed by atoms with Gasteiger partial charge in [-0.15, -0.1) is 0 Å². The topological polar surface area (TPSA) is 96.1 Å². The highest BCUT2D eigenvalue weighted by molar-refractivity contribution is 6.32. The van der Waals surface area contributed by atoms with E-state index in [1.54, 1.807) is 29.8 Å². The molecular formula is C21H19Cl2N5O2. The lowest BCUT2D eigenvalue weighted by atomic mass is 10.1. The SMILES string of the molecule is CC(CO)(CO)Nc1ncnc2c(-c3ccc(Cl)cc3)n(-c3ccccc3Cl)nc12. The summed E-state index contributed by atoms with van der Waals surface area (Å²) in [6.07, 6.45) is 1.41. The fraction of sp³-hybridized carbons (Fsp3) is 0.190. The van der Waals surface area contributed by atoms with Crippen molar-refractivity contribution in [2.24, 2.45) is 0 Å². The van der Waals surface area contributed by atoms with Crippen LogP contribution in [-0.2, 0) is 0 Å². The van der Waals surface area contributed by atoms with Crippen LogP contribution in [0.3, 0.4) is 0 Å². The summed E-state index contributed by atoms with van der Waals surface area (Å²) < 4.78 is 1.71. The molecule has 9 heteroatoms. The molecule has 2 heterocycles. The molecule has 2 aromatic carbocycles. The van der Waals surface area contributed by atoms with Crippen molar-refractivity contribution in [3.63, 3.8) is 0 Å². The molecule has 0 unspecified atom stereocenters. The fourth-order valence-electron chi connectivity index (χ4n) is 3.07. The largest absolute Gasteiger partial charge is 0.394 e. The molecule has 0 saturated heterocycles. The summed E-state index contributed by atoms with van der Waals surface area (Å²) in [5.74, 6) is 0.395. The summed E-state index contributed by atoms with van der Waals surface area (Å²) in [5.41, 5.74) is 2.34. The van der Waals surface area contributed by atoms with E-state index < -0.39 is 5.54 Å². The lowest BCUT2D eigenvalue weighted by Crippen LogP contribution is -2.42. The lowest BCUT2D eigenvalue weighted by Gasteiger charge is -2.26. The van der Waals surface area contributed by atoms with Crippen LogP contribution in [0, 0.1) is 0 Å². The highest BCUT2D eigenvalue weighted by Gasteiger charge is 2.26. The quantitative estimate of drug-likeness (QED) is 0.417. The highest BCUT2D eigenvalue weighted by atomic mass is 35.5. The minimum absolute atomic E-state index is 0.287. The molecule has 0 saturated carbocycles. The molecule has 30 heavy (non-hydrogen) atoms. The molecule has 4 aromatic rings. The van der Waals surface area contributed by atoms with Gasteiger partial charge in [0.15, 0.2) is 11.3 Å². The van der Waals surface area contributed by atoms with Gasteiger partial charge in [0.2, 0.25) is 0 Å². The Bertz CT molecular complexity index is 1190. The molecule has 0 bridgehead atoms. The van der Waals surface area contributed by atoms with Gasteiger partial charge in [-0.1, -0.05) is 47.5 Å². The minimum Gasteiger partial charge on any atom is -0.394 e. The van der Waals surface area contributed by atoms with E-state index in [1.807, 2.05) is 30.3 Å². The Labute approximate surface area is 182 Å². The van der Waals surface area contributed by atoms with Crippen LogP contribution in [0.25, 0.3) is 28.0 Å². The molecule has 0 aliphatic heterocycles. The predicted octanol–water partition coefficient (Wildman–Crippen LogP) is 3.94. The first-order valence-corrected chi connectivity index (χ1v) is 9.96. The lowest BCUT2D eigenvalue weighted by molar-refractivity contribution is 0.147. The van der Waals surface area contributed by atoms with E-state index in [0.29, 0.717) is 32.6 Å². The second-order valence-corrected chi connectivity index (χ2v) is 7.98. The number of hydrogen-bond donors (Lipinski definition) is 3. The molecule has 0 amide bonds. The Hall–Kier alpha value is -2.71. The van der Waals surface area contributed by atoms with E-state index in [9.17, 15) is 10.2 Å². The third kappa shape index (κ3) is 3.73. The average molecular weight is 444 g/mol. The van der Waals surface area contributed by atoms with Crippen molar-refractivity contribution in [2.45, 2.75) is 12.5 Å². The average Bonchev–Trinajstić information content (AvgIpc) is 3.15. The van der Waals surface area contributed by atoms with Crippen LogP contribution < -0.4 is 5.32 Å². The first-order chi connectivity index (χ1) is 14.5. The zero-order chi connectivity index (χ0) is 21.3. The van der Waals surface area contributed by atoms with Crippen LogP contribution >= 0.6 is 23.2 Å². The normalized spacial score (nSPS) is 11.8. The zero-order valence-electron chi connectivity index (χ0n) is 16.0. The zero-order valence-corrected chi connectivity index (χ0v) is 17.6. The van der Waals surface area contributed by atoms with Gasteiger partial charge in [0.1, 0.15) is 17.5 Å². The van der Waals surface area contributed by atoms with E-state index in [1.165, 1.54) is 6.33 Å². The maximum Gasteiger partial charge on any atom is 0.158 e. The van der Waals surface area contributed by atoms with Crippen LogP contribution in [0.15, 0.2) is 54.9 Å². The van der Waals surface area contributed by atoms with Gasteiger partial charge >= 0.3 is 0 Å². The summed E-state index contributed by atoms with van der Waals surface area (Å²) in [5, 5.41) is 28.3. The second kappa shape index (κ2) is 8.20. The van der Waals surface area contributed by atoms with Gasteiger partial charge in [-0.25, -0.2) is 14.6 Å². The maximum absolute atomic E-state index is 9.68. The van der Waals surface area contributed by atoms with Crippen molar-refractivity contribution >= 4 is 40.1 Å². The highest BCUT2D eigenvalue weighted by Crippen LogP contribution is 2.35. The molecule has 0 spiro atoms. The van der Waals surface area contributed by atoms with E-state index in [-0.39, 0.29) is 13.2 Å². The number of benzene rings is 2. The van der Waals surface area contributed by atoms with Crippen molar-refractivity contribution in [3.8, 4) is 16.9 Å². The Morgan fingerprint density at radius 1 is 0.967 bits per heavy atom. The monoisotopic (exact) mass is 443 g/mol. The van der Waals surface area contributed by atoms with E-state index in [0.717, 1.165) is 11.3 Å². The van der Waals surface area contributed by atoms with Crippen LogP contribution in [0.5, 0.6) is 0 Å².